The Morgan fingerprint density at radius 2 is 1.96 bits per heavy atom. The van der Waals surface area contributed by atoms with Crippen LogP contribution in [0.25, 0.3) is 0 Å². The molecule has 4 nitrogen and oxygen atoms in total. The van der Waals surface area contributed by atoms with Crippen molar-refractivity contribution in [2.45, 2.75) is 57.3 Å². The molecule has 0 spiro atoms. The third kappa shape index (κ3) is 7.20. The standard InChI is InChI=1S/C18H26F3N3O.HI/c1-17(2)12-14(13-8-4-5-9-15(13)25-17)24-16(22-3)23-11-7-6-10-18(19,20)21;/h4-5,8-9,14H,6-7,10-12H2,1-3H3,(H2,22,23,24);1H. The van der Waals surface area contributed by atoms with E-state index in [4.69, 9.17) is 4.74 Å². The molecule has 8 heteroatoms. The normalized spacial score (nSPS) is 19.0. The molecule has 1 aromatic rings. The molecule has 0 saturated carbocycles. The molecule has 148 valence electrons. The van der Waals surface area contributed by atoms with Gasteiger partial charge in [-0.25, -0.2) is 0 Å². The first-order chi connectivity index (χ1) is 11.7. The molecule has 26 heavy (non-hydrogen) atoms. The molecule has 0 aromatic heterocycles. The van der Waals surface area contributed by atoms with E-state index < -0.39 is 12.6 Å². The Hall–Kier alpha value is -1.19. The van der Waals surface area contributed by atoms with E-state index in [0.29, 0.717) is 18.9 Å². The molecule has 0 radical (unpaired) electrons. The monoisotopic (exact) mass is 485 g/mol. The number of unbranched alkanes of at least 4 members (excludes halogenated alkanes) is 1. The van der Waals surface area contributed by atoms with Crippen LogP contribution in [0.5, 0.6) is 5.75 Å². The third-order valence-corrected chi connectivity index (χ3v) is 4.09. The van der Waals surface area contributed by atoms with Gasteiger partial charge < -0.3 is 15.4 Å². The fraction of sp³-hybridized carbons (Fsp3) is 0.611. The maximum atomic E-state index is 12.2. The number of guanidine groups is 1. The maximum absolute atomic E-state index is 12.2. The fourth-order valence-corrected chi connectivity index (χ4v) is 2.95. The van der Waals surface area contributed by atoms with E-state index in [1.165, 1.54) is 0 Å². The lowest BCUT2D eigenvalue weighted by atomic mass is 9.90. The number of hydrogen-bond acceptors (Lipinski definition) is 2. The summed E-state index contributed by atoms with van der Waals surface area (Å²) < 4.78 is 42.5. The summed E-state index contributed by atoms with van der Waals surface area (Å²) in [5.74, 6) is 1.43. The van der Waals surface area contributed by atoms with Crippen molar-refractivity contribution in [3.8, 4) is 5.75 Å². The van der Waals surface area contributed by atoms with Crippen LogP contribution < -0.4 is 15.4 Å². The van der Waals surface area contributed by atoms with Crippen molar-refractivity contribution in [3.05, 3.63) is 29.8 Å². The van der Waals surface area contributed by atoms with Gasteiger partial charge in [-0.05, 0) is 32.8 Å². The summed E-state index contributed by atoms with van der Waals surface area (Å²) in [4.78, 5) is 4.18. The van der Waals surface area contributed by atoms with Crippen molar-refractivity contribution in [1.29, 1.82) is 0 Å². The molecule has 0 bridgehead atoms. The number of para-hydroxylation sites is 1. The number of nitrogens with zero attached hydrogens (tertiary/aromatic N) is 1. The van der Waals surface area contributed by atoms with Crippen molar-refractivity contribution in [2.75, 3.05) is 13.6 Å². The molecule has 1 aromatic carbocycles. The molecule has 0 amide bonds. The zero-order valence-electron chi connectivity index (χ0n) is 15.3. The van der Waals surface area contributed by atoms with E-state index in [-0.39, 0.29) is 42.0 Å². The predicted octanol–water partition coefficient (Wildman–Crippen LogP) is 4.80. The number of aliphatic imine (C=N–C) groups is 1. The summed E-state index contributed by atoms with van der Waals surface area (Å²) in [6, 6.07) is 7.88. The summed E-state index contributed by atoms with van der Waals surface area (Å²) in [6.07, 6.45) is -3.52. The predicted molar refractivity (Wildman–Crippen MR) is 108 cm³/mol. The van der Waals surface area contributed by atoms with Crippen LogP contribution in [0, 0.1) is 0 Å². The molecule has 0 fully saturated rings. The smallest absolute Gasteiger partial charge is 0.389 e. The molecular weight excluding hydrogens is 458 g/mol. The van der Waals surface area contributed by atoms with E-state index >= 15 is 0 Å². The van der Waals surface area contributed by atoms with Gasteiger partial charge in [0.15, 0.2) is 5.96 Å². The fourth-order valence-electron chi connectivity index (χ4n) is 2.95. The number of fused-ring (bicyclic) bond motifs is 1. The Labute approximate surface area is 170 Å². The second kappa shape index (κ2) is 9.66. The van der Waals surface area contributed by atoms with Crippen LogP contribution in [-0.2, 0) is 0 Å². The number of benzene rings is 1. The van der Waals surface area contributed by atoms with Gasteiger partial charge >= 0.3 is 6.18 Å². The van der Waals surface area contributed by atoms with Gasteiger partial charge in [0.05, 0.1) is 6.04 Å². The van der Waals surface area contributed by atoms with E-state index in [2.05, 4.69) is 15.6 Å². The van der Waals surface area contributed by atoms with Crippen LogP contribution in [0.3, 0.4) is 0 Å². The summed E-state index contributed by atoms with van der Waals surface area (Å²) in [7, 11) is 1.65. The average Bonchev–Trinajstić information content (AvgIpc) is 2.51. The number of hydrogen-bond donors (Lipinski definition) is 2. The van der Waals surface area contributed by atoms with Crippen molar-refractivity contribution in [2.24, 2.45) is 4.99 Å². The van der Waals surface area contributed by atoms with Crippen LogP contribution in [0.15, 0.2) is 29.3 Å². The highest BCUT2D eigenvalue weighted by molar-refractivity contribution is 14.0. The maximum Gasteiger partial charge on any atom is 0.389 e. The number of nitrogens with one attached hydrogen (secondary N) is 2. The molecule has 1 atom stereocenters. The molecule has 1 heterocycles. The van der Waals surface area contributed by atoms with Crippen LogP contribution in [0.4, 0.5) is 13.2 Å². The number of halogens is 4. The van der Waals surface area contributed by atoms with Crippen LogP contribution in [0.1, 0.15) is 51.1 Å². The van der Waals surface area contributed by atoms with E-state index in [0.717, 1.165) is 17.7 Å². The first kappa shape index (κ1) is 22.9. The lowest BCUT2D eigenvalue weighted by molar-refractivity contribution is -0.135. The Bertz CT molecular complexity index is 606. The zero-order valence-corrected chi connectivity index (χ0v) is 17.7. The summed E-state index contributed by atoms with van der Waals surface area (Å²) in [5, 5.41) is 6.45. The van der Waals surface area contributed by atoms with Gasteiger partial charge in [0.2, 0.25) is 0 Å². The topological polar surface area (TPSA) is 45.7 Å². The lowest BCUT2D eigenvalue weighted by Gasteiger charge is -2.38. The molecule has 1 aliphatic heterocycles. The molecule has 1 unspecified atom stereocenters. The van der Waals surface area contributed by atoms with Crippen molar-refractivity contribution in [3.63, 3.8) is 0 Å². The lowest BCUT2D eigenvalue weighted by Crippen LogP contribution is -2.45. The average molecular weight is 485 g/mol. The van der Waals surface area contributed by atoms with Crippen molar-refractivity contribution >= 4 is 29.9 Å². The first-order valence-corrected chi connectivity index (χ1v) is 8.52. The molecular formula is C18H27F3IN3O. The van der Waals surface area contributed by atoms with Crippen LogP contribution in [0.2, 0.25) is 0 Å². The minimum Gasteiger partial charge on any atom is -0.487 e. The van der Waals surface area contributed by atoms with Gasteiger partial charge in [0, 0.05) is 32.0 Å². The van der Waals surface area contributed by atoms with Gasteiger partial charge in [-0.15, -0.1) is 24.0 Å². The van der Waals surface area contributed by atoms with Crippen molar-refractivity contribution in [1.82, 2.24) is 10.6 Å². The van der Waals surface area contributed by atoms with Gasteiger partial charge in [-0.3, -0.25) is 4.99 Å². The number of ether oxygens (including phenoxy) is 1. The Morgan fingerprint density at radius 3 is 2.62 bits per heavy atom. The van der Waals surface area contributed by atoms with Gasteiger partial charge in [-0.2, -0.15) is 13.2 Å². The second-order valence-corrected chi connectivity index (χ2v) is 6.87. The minimum atomic E-state index is -4.09. The largest absolute Gasteiger partial charge is 0.487 e. The van der Waals surface area contributed by atoms with Crippen LogP contribution >= 0.6 is 24.0 Å². The molecule has 0 saturated heterocycles. The summed E-state index contributed by atoms with van der Waals surface area (Å²) in [6.45, 7) is 4.51. The second-order valence-electron chi connectivity index (χ2n) is 6.87. The number of alkyl halides is 3. The Kier molecular flexibility index (Phi) is 8.49. The Balaban J connectivity index is 0.00000338. The summed E-state index contributed by atoms with van der Waals surface area (Å²) in [5.41, 5.74) is 0.749. The quantitative estimate of drug-likeness (QED) is 0.273. The summed E-state index contributed by atoms with van der Waals surface area (Å²) >= 11 is 0. The van der Waals surface area contributed by atoms with Gasteiger partial charge in [0.25, 0.3) is 0 Å². The minimum absolute atomic E-state index is 0. The highest BCUT2D eigenvalue weighted by atomic mass is 127. The highest BCUT2D eigenvalue weighted by Crippen LogP contribution is 2.39. The van der Waals surface area contributed by atoms with Crippen molar-refractivity contribution < 1.29 is 17.9 Å². The highest BCUT2D eigenvalue weighted by Gasteiger charge is 2.34. The molecule has 2 N–H and O–H groups in total. The van der Waals surface area contributed by atoms with E-state index in [9.17, 15) is 13.2 Å². The third-order valence-electron chi connectivity index (χ3n) is 4.09. The SMILES string of the molecule is CN=C(NCCCCC(F)(F)F)NC1CC(C)(C)Oc2ccccc21.I. The molecule has 1 aliphatic rings. The zero-order chi connectivity index (χ0) is 18.5. The number of rotatable bonds is 5. The molecule has 2 rings (SSSR count). The Morgan fingerprint density at radius 1 is 1.27 bits per heavy atom. The van der Waals surface area contributed by atoms with Gasteiger partial charge in [-0.1, -0.05) is 18.2 Å². The van der Waals surface area contributed by atoms with E-state index in [1.54, 1.807) is 7.05 Å². The first-order valence-electron chi connectivity index (χ1n) is 8.52. The van der Waals surface area contributed by atoms with E-state index in [1.807, 2.05) is 38.1 Å². The molecule has 0 aliphatic carbocycles. The van der Waals surface area contributed by atoms with Gasteiger partial charge in [0.1, 0.15) is 11.4 Å². The van der Waals surface area contributed by atoms with Crippen LogP contribution in [-0.4, -0.2) is 31.3 Å².